The maximum Gasteiger partial charge on any atom is 0.295 e. The Balaban J connectivity index is 1.97. The van der Waals surface area contributed by atoms with Crippen LogP contribution in [0.2, 0.25) is 0 Å². The summed E-state index contributed by atoms with van der Waals surface area (Å²) in [6.45, 7) is 1.02. The second-order valence-electron chi connectivity index (χ2n) is 4.40. The largest absolute Gasteiger partial charge is 0.360 e. The smallest absolute Gasteiger partial charge is 0.295 e. The fourth-order valence-corrected chi connectivity index (χ4v) is 2.54. The fraction of sp³-hybridized carbons (Fsp3) is 0.143. The van der Waals surface area contributed by atoms with Gasteiger partial charge in [-0.1, -0.05) is 28.1 Å². The summed E-state index contributed by atoms with van der Waals surface area (Å²) in [6.07, 6.45) is 5.37. The number of rotatable bonds is 2. The predicted molar refractivity (Wildman–Crippen MR) is 76.0 cm³/mol. The molecule has 1 N–H and O–H groups in total. The molecule has 0 aliphatic carbocycles. The average Bonchev–Trinajstić information content (AvgIpc) is 3.05. The van der Waals surface area contributed by atoms with Gasteiger partial charge >= 0.3 is 0 Å². The Kier molecular flexibility index (Phi) is 2.98. The van der Waals surface area contributed by atoms with E-state index in [-0.39, 0.29) is 0 Å². The number of fused-ring (bicyclic) bond motifs is 1. The molecule has 0 unspecified atom stereocenters. The number of halogens is 1. The molecule has 96 valence electrons. The number of hydrogen-bond acceptors (Lipinski definition) is 2. The SMILES string of the molecule is O=C(C(=O)N1CC=CC1)c1c[nH]c2ccc(Br)cc12. The molecule has 1 aliphatic rings. The molecule has 1 aromatic carbocycles. The highest BCUT2D eigenvalue weighted by atomic mass is 79.9. The van der Waals surface area contributed by atoms with Crippen LogP contribution in [-0.4, -0.2) is 34.7 Å². The zero-order valence-corrected chi connectivity index (χ0v) is 11.6. The van der Waals surface area contributed by atoms with Gasteiger partial charge in [0.1, 0.15) is 0 Å². The summed E-state index contributed by atoms with van der Waals surface area (Å²) < 4.78 is 0.879. The van der Waals surface area contributed by atoms with Crippen LogP contribution in [0.1, 0.15) is 10.4 Å². The van der Waals surface area contributed by atoms with Crippen molar-refractivity contribution < 1.29 is 9.59 Å². The van der Waals surface area contributed by atoms with Crippen LogP contribution in [0.25, 0.3) is 10.9 Å². The molecule has 0 bridgehead atoms. The Labute approximate surface area is 118 Å². The molecule has 2 heterocycles. The number of H-pyrrole nitrogens is 1. The molecule has 0 saturated heterocycles. The topological polar surface area (TPSA) is 53.2 Å². The second-order valence-corrected chi connectivity index (χ2v) is 5.32. The van der Waals surface area contributed by atoms with Crippen LogP contribution in [0.4, 0.5) is 0 Å². The lowest BCUT2D eigenvalue weighted by molar-refractivity contribution is -0.125. The van der Waals surface area contributed by atoms with E-state index < -0.39 is 11.7 Å². The monoisotopic (exact) mass is 318 g/mol. The minimum Gasteiger partial charge on any atom is -0.360 e. The number of carbonyl (C=O) groups is 2. The Morgan fingerprint density at radius 3 is 2.68 bits per heavy atom. The van der Waals surface area contributed by atoms with E-state index in [0.29, 0.717) is 18.7 Å². The van der Waals surface area contributed by atoms with Crippen molar-refractivity contribution in [1.82, 2.24) is 9.88 Å². The van der Waals surface area contributed by atoms with Crippen LogP contribution in [-0.2, 0) is 4.79 Å². The number of ketones is 1. The van der Waals surface area contributed by atoms with Crippen molar-refractivity contribution in [2.24, 2.45) is 0 Å². The van der Waals surface area contributed by atoms with E-state index in [4.69, 9.17) is 0 Å². The number of hydrogen-bond donors (Lipinski definition) is 1. The molecule has 5 heteroatoms. The Hall–Kier alpha value is -1.88. The summed E-state index contributed by atoms with van der Waals surface area (Å²) in [4.78, 5) is 28.9. The highest BCUT2D eigenvalue weighted by Crippen LogP contribution is 2.23. The Morgan fingerprint density at radius 1 is 1.21 bits per heavy atom. The van der Waals surface area contributed by atoms with Gasteiger partial charge in [-0.05, 0) is 18.2 Å². The molecule has 0 spiro atoms. The van der Waals surface area contributed by atoms with E-state index in [1.165, 1.54) is 4.90 Å². The zero-order chi connectivity index (χ0) is 13.4. The molecule has 4 nitrogen and oxygen atoms in total. The maximum absolute atomic E-state index is 12.3. The van der Waals surface area contributed by atoms with Crippen molar-refractivity contribution >= 4 is 38.5 Å². The summed E-state index contributed by atoms with van der Waals surface area (Å²) in [6, 6.07) is 5.60. The molecule has 19 heavy (non-hydrogen) atoms. The van der Waals surface area contributed by atoms with Crippen molar-refractivity contribution in [1.29, 1.82) is 0 Å². The van der Waals surface area contributed by atoms with E-state index in [1.54, 1.807) is 6.20 Å². The van der Waals surface area contributed by atoms with Crippen LogP contribution in [0, 0.1) is 0 Å². The third kappa shape index (κ3) is 2.10. The van der Waals surface area contributed by atoms with Crippen molar-refractivity contribution in [3.63, 3.8) is 0 Å². The highest BCUT2D eigenvalue weighted by molar-refractivity contribution is 9.10. The lowest BCUT2D eigenvalue weighted by Crippen LogP contribution is -2.34. The number of amides is 1. The van der Waals surface area contributed by atoms with Crippen molar-refractivity contribution in [3.8, 4) is 0 Å². The van der Waals surface area contributed by atoms with Crippen LogP contribution < -0.4 is 0 Å². The maximum atomic E-state index is 12.3. The lowest BCUT2D eigenvalue weighted by Gasteiger charge is -2.13. The van der Waals surface area contributed by atoms with Gasteiger partial charge in [0.15, 0.2) is 0 Å². The minimum atomic E-state index is -0.465. The molecule has 1 aliphatic heterocycles. The third-order valence-corrected chi connectivity index (χ3v) is 3.68. The van der Waals surface area contributed by atoms with Crippen LogP contribution in [0.5, 0.6) is 0 Å². The quantitative estimate of drug-likeness (QED) is 0.525. The molecule has 0 saturated carbocycles. The van der Waals surface area contributed by atoms with Crippen molar-refractivity contribution in [2.75, 3.05) is 13.1 Å². The first-order valence-electron chi connectivity index (χ1n) is 5.92. The second kappa shape index (κ2) is 4.66. The van der Waals surface area contributed by atoms with Gasteiger partial charge in [0.05, 0.1) is 5.56 Å². The molecule has 1 amide bonds. The van der Waals surface area contributed by atoms with Gasteiger partial charge in [-0.3, -0.25) is 9.59 Å². The molecule has 3 rings (SSSR count). The van der Waals surface area contributed by atoms with Gasteiger partial charge in [-0.15, -0.1) is 0 Å². The number of aromatic nitrogens is 1. The Bertz CT molecular complexity index is 695. The molecule has 0 fully saturated rings. The third-order valence-electron chi connectivity index (χ3n) is 3.19. The first-order chi connectivity index (χ1) is 9.16. The van der Waals surface area contributed by atoms with Crippen LogP contribution in [0.3, 0.4) is 0 Å². The molecule has 1 aromatic heterocycles. The zero-order valence-electron chi connectivity index (χ0n) is 10.0. The standard InChI is InChI=1S/C14H11BrN2O2/c15-9-3-4-12-10(7-9)11(8-16-12)13(18)14(19)17-5-1-2-6-17/h1-4,7-8,16H,5-6H2. The molecular weight excluding hydrogens is 308 g/mol. The molecular formula is C14H11BrN2O2. The summed E-state index contributed by atoms with van der Waals surface area (Å²) in [5.74, 6) is -0.918. The van der Waals surface area contributed by atoms with E-state index in [2.05, 4.69) is 20.9 Å². The van der Waals surface area contributed by atoms with Crippen molar-refractivity contribution in [3.05, 3.63) is 46.6 Å². The number of nitrogens with zero attached hydrogens (tertiary/aromatic N) is 1. The fourth-order valence-electron chi connectivity index (χ4n) is 2.18. The number of benzene rings is 1. The highest BCUT2D eigenvalue weighted by Gasteiger charge is 2.25. The molecule has 0 radical (unpaired) electrons. The molecule has 2 aromatic rings. The van der Waals surface area contributed by atoms with Gasteiger partial charge in [0.2, 0.25) is 0 Å². The Morgan fingerprint density at radius 2 is 1.95 bits per heavy atom. The van der Waals surface area contributed by atoms with Gasteiger partial charge in [0, 0.05) is 34.7 Å². The van der Waals surface area contributed by atoms with Gasteiger partial charge in [0.25, 0.3) is 11.7 Å². The van der Waals surface area contributed by atoms with Gasteiger partial charge in [-0.25, -0.2) is 0 Å². The number of aromatic amines is 1. The molecule has 0 atom stereocenters. The van der Waals surface area contributed by atoms with Crippen LogP contribution >= 0.6 is 15.9 Å². The summed E-state index contributed by atoms with van der Waals surface area (Å²) in [7, 11) is 0. The number of Topliss-reactive ketones (excluding diaryl/α,β-unsaturated/α-hetero) is 1. The van der Waals surface area contributed by atoms with Crippen LogP contribution in [0.15, 0.2) is 41.0 Å². The van der Waals surface area contributed by atoms with Crippen molar-refractivity contribution in [2.45, 2.75) is 0 Å². The summed E-state index contributed by atoms with van der Waals surface area (Å²) in [5, 5.41) is 0.764. The van der Waals surface area contributed by atoms with E-state index in [0.717, 1.165) is 15.4 Å². The minimum absolute atomic E-state index is 0.424. The predicted octanol–water partition coefficient (Wildman–Crippen LogP) is 2.51. The average molecular weight is 319 g/mol. The summed E-state index contributed by atoms with van der Waals surface area (Å²) >= 11 is 3.37. The van der Waals surface area contributed by atoms with E-state index >= 15 is 0 Å². The van der Waals surface area contributed by atoms with Gasteiger partial charge in [-0.2, -0.15) is 0 Å². The number of nitrogens with one attached hydrogen (secondary N) is 1. The van der Waals surface area contributed by atoms with E-state index in [1.807, 2.05) is 30.4 Å². The van der Waals surface area contributed by atoms with Gasteiger partial charge < -0.3 is 9.88 Å². The number of carbonyl (C=O) groups excluding carboxylic acids is 2. The first kappa shape index (κ1) is 12.2. The normalized spacial score (nSPS) is 14.3. The first-order valence-corrected chi connectivity index (χ1v) is 6.71. The van der Waals surface area contributed by atoms with E-state index in [9.17, 15) is 9.59 Å². The lowest BCUT2D eigenvalue weighted by atomic mass is 10.1. The summed E-state index contributed by atoms with van der Waals surface area (Å²) in [5.41, 5.74) is 1.27.